The molecule has 2 aromatic heterocycles. The van der Waals surface area contributed by atoms with Crippen molar-refractivity contribution in [2.75, 3.05) is 18.9 Å². The van der Waals surface area contributed by atoms with E-state index < -0.39 is 5.91 Å². The largest absolute Gasteiger partial charge is 0.486 e. The molecular weight excluding hydrogens is 326 g/mol. The van der Waals surface area contributed by atoms with Gasteiger partial charge < -0.3 is 24.9 Å². The molecule has 3 heterocycles. The van der Waals surface area contributed by atoms with E-state index in [9.17, 15) is 4.79 Å². The molecule has 128 valence electrons. The Bertz CT molecular complexity index is 903. The maximum atomic E-state index is 12.2. The number of carbonyl (C=O) groups excluding carboxylic acids is 1. The van der Waals surface area contributed by atoms with Crippen molar-refractivity contribution < 1.29 is 18.7 Å². The molecule has 1 aromatic carbocycles. The molecule has 3 aromatic rings. The molecule has 0 bridgehead atoms. The number of ether oxygens (including phenoxy) is 2. The van der Waals surface area contributed by atoms with E-state index in [4.69, 9.17) is 19.6 Å². The molecule has 0 radical (unpaired) electrons. The number of hydrogen-bond acceptors (Lipinski definition) is 7. The first kappa shape index (κ1) is 15.1. The van der Waals surface area contributed by atoms with Crippen molar-refractivity contribution >= 4 is 11.7 Å². The summed E-state index contributed by atoms with van der Waals surface area (Å²) in [5.74, 6) is 1.59. The topological polar surface area (TPSA) is 117 Å². The Hall–Kier alpha value is -3.49. The van der Waals surface area contributed by atoms with Crippen LogP contribution in [0.2, 0.25) is 0 Å². The van der Waals surface area contributed by atoms with Crippen LogP contribution in [0.4, 0.5) is 5.82 Å². The fraction of sp³-hybridized carbons (Fsp3) is 0.188. The summed E-state index contributed by atoms with van der Waals surface area (Å²) in [7, 11) is 0. The van der Waals surface area contributed by atoms with Crippen molar-refractivity contribution in [3.8, 4) is 17.2 Å². The van der Waals surface area contributed by atoms with E-state index >= 15 is 0 Å². The highest BCUT2D eigenvalue weighted by molar-refractivity contribution is 5.96. The van der Waals surface area contributed by atoms with E-state index in [1.807, 2.05) is 0 Å². The first-order chi connectivity index (χ1) is 12.2. The summed E-state index contributed by atoms with van der Waals surface area (Å²) in [6.07, 6.45) is 1.54. The van der Waals surface area contributed by atoms with Crippen LogP contribution in [-0.2, 0) is 6.54 Å². The lowest BCUT2D eigenvalue weighted by Crippen LogP contribution is -2.24. The first-order valence-corrected chi connectivity index (χ1v) is 7.64. The molecule has 1 aliphatic rings. The molecule has 1 amide bonds. The number of nitrogens with two attached hydrogens (primary N) is 1. The number of furan rings is 1. The Labute approximate surface area is 142 Å². The van der Waals surface area contributed by atoms with Gasteiger partial charge in [0.2, 0.25) is 0 Å². The predicted octanol–water partition coefficient (Wildman–Crippen LogP) is 1.14. The van der Waals surface area contributed by atoms with Gasteiger partial charge in [0.25, 0.3) is 5.91 Å². The number of hydrogen-bond donors (Lipinski definition) is 2. The van der Waals surface area contributed by atoms with Crippen LogP contribution in [0.25, 0.3) is 5.69 Å². The Morgan fingerprint density at radius 2 is 2.08 bits per heavy atom. The maximum Gasteiger partial charge on any atom is 0.276 e. The van der Waals surface area contributed by atoms with E-state index in [1.165, 1.54) is 10.9 Å². The van der Waals surface area contributed by atoms with Gasteiger partial charge in [0, 0.05) is 6.07 Å². The van der Waals surface area contributed by atoms with Crippen molar-refractivity contribution in [3.05, 3.63) is 48.0 Å². The zero-order valence-corrected chi connectivity index (χ0v) is 13.1. The highest BCUT2D eigenvalue weighted by Crippen LogP contribution is 2.32. The highest BCUT2D eigenvalue weighted by atomic mass is 16.6. The van der Waals surface area contributed by atoms with Crippen LogP contribution in [0, 0.1) is 0 Å². The smallest absolute Gasteiger partial charge is 0.276 e. The maximum absolute atomic E-state index is 12.2. The number of nitrogen functional groups attached to an aromatic ring is 1. The van der Waals surface area contributed by atoms with Crippen LogP contribution >= 0.6 is 0 Å². The molecule has 0 saturated carbocycles. The van der Waals surface area contributed by atoms with Gasteiger partial charge in [-0.05, 0) is 24.3 Å². The van der Waals surface area contributed by atoms with E-state index in [1.54, 1.807) is 30.3 Å². The summed E-state index contributed by atoms with van der Waals surface area (Å²) in [5, 5.41) is 10.5. The number of benzene rings is 1. The van der Waals surface area contributed by atoms with Crippen molar-refractivity contribution in [1.29, 1.82) is 0 Å². The van der Waals surface area contributed by atoms with Gasteiger partial charge in [-0.25, -0.2) is 0 Å². The number of nitrogens with one attached hydrogen (secondary N) is 1. The molecule has 0 saturated heterocycles. The highest BCUT2D eigenvalue weighted by Gasteiger charge is 2.20. The van der Waals surface area contributed by atoms with Crippen LogP contribution in [0.1, 0.15) is 16.2 Å². The second kappa shape index (κ2) is 6.19. The molecule has 9 heteroatoms. The molecule has 25 heavy (non-hydrogen) atoms. The molecule has 1 aliphatic heterocycles. The van der Waals surface area contributed by atoms with E-state index in [-0.39, 0.29) is 18.1 Å². The lowest BCUT2D eigenvalue weighted by atomic mass is 10.2. The standard InChI is InChI=1S/C16H15N5O4/c17-15-14(16(22)18-9-11-2-1-5-23-11)19-20-21(15)10-3-4-12-13(8-10)25-7-6-24-12/h1-5,8H,6-7,9,17H2,(H,18,22). The third kappa shape index (κ3) is 2.87. The van der Waals surface area contributed by atoms with Crippen LogP contribution in [0.5, 0.6) is 11.5 Å². The van der Waals surface area contributed by atoms with Crippen molar-refractivity contribution in [1.82, 2.24) is 20.3 Å². The number of amides is 1. The monoisotopic (exact) mass is 341 g/mol. The van der Waals surface area contributed by atoms with Gasteiger partial charge in [-0.15, -0.1) is 5.10 Å². The Balaban J connectivity index is 1.55. The van der Waals surface area contributed by atoms with Gasteiger partial charge in [-0.2, -0.15) is 4.68 Å². The second-order valence-electron chi connectivity index (χ2n) is 5.33. The number of nitrogens with zero attached hydrogens (tertiary/aromatic N) is 3. The average Bonchev–Trinajstić information content (AvgIpc) is 3.29. The Morgan fingerprint density at radius 1 is 1.24 bits per heavy atom. The summed E-state index contributed by atoms with van der Waals surface area (Å²) < 4.78 is 17.6. The zero-order valence-electron chi connectivity index (χ0n) is 13.1. The third-order valence-electron chi connectivity index (χ3n) is 3.69. The zero-order chi connectivity index (χ0) is 17.2. The van der Waals surface area contributed by atoms with E-state index in [0.717, 1.165) is 0 Å². The van der Waals surface area contributed by atoms with Crippen LogP contribution < -0.4 is 20.5 Å². The minimum atomic E-state index is -0.433. The van der Waals surface area contributed by atoms with E-state index in [0.29, 0.717) is 36.2 Å². The minimum Gasteiger partial charge on any atom is -0.486 e. The molecule has 0 unspecified atom stereocenters. The van der Waals surface area contributed by atoms with Crippen molar-refractivity contribution in [2.45, 2.75) is 6.54 Å². The Kier molecular flexibility index (Phi) is 3.73. The molecule has 0 spiro atoms. The predicted molar refractivity (Wildman–Crippen MR) is 86.6 cm³/mol. The van der Waals surface area contributed by atoms with Gasteiger partial charge in [-0.1, -0.05) is 5.21 Å². The first-order valence-electron chi connectivity index (χ1n) is 7.64. The minimum absolute atomic E-state index is 0.0430. The molecular formula is C16H15N5O4. The lowest BCUT2D eigenvalue weighted by Gasteiger charge is -2.18. The lowest BCUT2D eigenvalue weighted by molar-refractivity contribution is 0.0944. The molecule has 0 fully saturated rings. The quantitative estimate of drug-likeness (QED) is 0.730. The van der Waals surface area contributed by atoms with Gasteiger partial charge in [0.15, 0.2) is 23.0 Å². The number of aromatic nitrogens is 3. The summed E-state index contributed by atoms with van der Waals surface area (Å²) in [4.78, 5) is 12.2. The van der Waals surface area contributed by atoms with Gasteiger partial charge in [-0.3, -0.25) is 4.79 Å². The number of anilines is 1. The molecule has 4 rings (SSSR count). The van der Waals surface area contributed by atoms with Crippen LogP contribution in [0.15, 0.2) is 41.0 Å². The van der Waals surface area contributed by atoms with Gasteiger partial charge in [0.05, 0.1) is 18.5 Å². The van der Waals surface area contributed by atoms with Gasteiger partial charge in [0.1, 0.15) is 19.0 Å². The molecule has 9 nitrogen and oxygen atoms in total. The fourth-order valence-corrected chi connectivity index (χ4v) is 2.47. The molecule has 0 atom stereocenters. The summed E-state index contributed by atoms with van der Waals surface area (Å²) in [6.45, 7) is 1.23. The van der Waals surface area contributed by atoms with Gasteiger partial charge >= 0.3 is 0 Å². The third-order valence-corrected chi connectivity index (χ3v) is 3.69. The molecule has 3 N–H and O–H groups in total. The number of carbonyl (C=O) groups is 1. The summed E-state index contributed by atoms with van der Waals surface area (Å²) >= 11 is 0. The van der Waals surface area contributed by atoms with Crippen molar-refractivity contribution in [2.24, 2.45) is 0 Å². The Morgan fingerprint density at radius 3 is 2.88 bits per heavy atom. The summed E-state index contributed by atoms with van der Waals surface area (Å²) in [5.41, 5.74) is 6.71. The fourth-order valence-electron chi connectivity index (χ4n) is 2.47. The number of fused-ring (bicyclic) bond motifs is 1. The average molecular weight is 341 g/mol. The molecule has 0 aliphatic carbocycles. The second-order valence-corrected chi connectivity index (χ2v) is 5.33. The van der Waals surface area contributed by atoms with Crippen LogP contribution in [0.3, 0.4) is 0 Å². The van der Waals surface area contributed by atoms with Crippen LogP contribution in [-0.4, -0.2) is 34.1 Å². The van der Waals surface area contributed by atoms with E-state index in [2.05, 4.69) is 15.6 Å². The SMILES string of the molecule is Nc1c(C(=O)NCc2ccco2)nnn1-c1ccc2c(c1)OCCO2. The normalized spacial score (nSPS) is 12.8. The number of rotatable bonds is 4. The summed E-state index contributed by atoms with van der Waals surface area (Å²) in [6, 6.07) is 8.78. The van der Waals surface area contributed by atoms with Crippen molar-refractivity contribution in [3.63, 3.8) is 0 Å².